The van der Waals surface area contributed by atoms with Crippen molar-refractivity contribution >= 4 is 5.69 Å². The number of para-hydroxylation sites is 1. The summed E-state index contributed by atoms with van der Waals surface area (Å²) in [6, 6.07) is 9.72. The van der Waals surface area contributed by atoms with Crippen LogP contribution < -0.4 is 10.6 Å². The van der Waals surface area contributed by atoms with Crippen molar-refractivity contribution in [1.82, 2.24) is 5.32 Å². The molecule has 1 saturated carbocycles. The minimum atomic E-state index is 0.408. The van der Waals surface area contributed by atoms with Crippen LogP contribution in [-0.2, 0) is 0 Å². The summed E-state index contributed by atoms with van der Waals surface area (Å²) in [6.07, 6.45) is 5.40. The summed E-state index contributed by atoms with van der Waals surface area (Å²) >= 11 is 0. The van der Waals surface area contributed by atoms with Crippen LogP contribution in [0.15, 0.2) is 24.3 Å². The van der Waals surface area contributed by atoms with Crippen molar-refractivity contribution in [1.29, 1.82) is 0 Å². The summed E-state index contributed by atoms with van der Waals surface area (Å²) in [5.41, 5.74) is 2.67. The van der Waals surface area contributed by atoms with Gasteiger partial charge in [0.1, 0.15) is 0 Å². The van der Waals surface area contributed by atoms with Gasteiger partial charge >= 0.3 is 0 Å². The van der Waals surface area contributed by atoms with Gasteiger partial charge in [-0.15, -0.1) is 0 Å². The highest BCUT2D eigenvalue weighted by Gasteiger charge is 2.16. The maximum atomic E-state index is 3.68. The van der Waals surface area contributed by atoms with Crippen LogP contribution in [-0.4, -0.2) is 13.1 Å². The summed E-state index contributed by atoms with van der Waals surface area (Å²) in [5.74, 6) is 0. The second-order valence-corrected chi connectivity index (χ2v) is 4.72. The van der Waals surface area contributed by atoms with E-state index in [0.717, 1.165) is 0 Å². The molecular formula is C14H22N2. The third-order valence-corrected chi connectivity index (χ3v) is 3.58. The fourth-order valence-corrected chi connectivity index (χ4v) is 2.45. The van der Waals surface area contributed by atoms with Crippen LogP contribution in [0.1, 0.15) is 44.2 Å². The van der Waals surface area contributed by atoms with Crippen LogP contribution in [0, 0.1) is 0 Å². The van der Waals surface area contributed by atoms with Gasteiger partial charge < -0.3 is 10.6 Å². The molecule has 1 aromatic rings. The van der Waals surface area contributed by atoms with Gasteiger partial charge in [-0.1, -0.05) is 31.0 Å². The highest BCUT2D eigenvalue weighted by molar-refractivity contribution is 5.53. The van der Waals surface area contributed by atoms with Crippen molar-refractivity contribution in [3.05, 3.63) is 29.8 Å². The van der Waals surface area contributed by atoms with E-state index in [1.165, 1.54) is 36.9 Å². The molecule has 1 atom stereocenters. The molecule has 0 aliphatic heterocycles. The van der Waals surface area contributed by atoms with Crippen molar-refractivity contribution in [2.45, 2.75) is 44.7 Å². The van der Waals surface area contributed by atoms with Gasteiger partial charge in [-0.3, -0.25) is 0 Å². The highest BCUT2D eigenvalue weighted by atomic mass is 14.9. The van der Waals surface area contributed by atoms with Crippen molar-refractivity contribution < 1.29 is 0 Å². The Hall–Kier alpha value is -1.02. The Morgan fingerprint density at radius 1 is 1.19 bits per heavy atom. The van der Waals surface area contributed by atoms with E-state index in [2.05, 4.69) is 41.8 Å². The lowest BCUT2D eigenvalue weighted by Crippen LogP contribution is -2.19. The molecule has 88 valence electrons. The first-order chi connectivity index (χ1) is 7.81. The van der Waals surface area contributed by atoms with Crippen LogP contribution >= 0.6 is 0 Å². The molecule has 2 N–H and O–H groups in total. The molecule has 0 heterocycles. The van der Waals surface area contributed by atoms with E-state index in [1.807, 2.05) is 7.05 Å². The maximum absolute atomic E-state index is 3.68. The van der Waals surface area contributed by atoms with E-state index in [1.54, 1.807) is 0 Å². The van der Waals surface area contributed by atoms with Crippen molar-refractivity contribution in [2.75, 3.05) is 12.4 Å². The van der Waals surface area contributed by atoms with Gasteiger partial charge in [-0.25, -0.2) is 0 Å². The molecule has 1 unspecified atom stereocenters. The van der Waals surface area contributed by atoms with E-state index >= 15 is 0 Å². The van der Waals surface area contributed by atoms with Crippen LogP contribution in [0.3, 0.4) is 0 Å². The number of hydrogen-bond donors (Lipinski definition) is 2. The number of benzene rings is 1. The zero-order valence-electron chi connectivity index (χ0n) is 10.3. The Balaban J connectivity index is 2.12. The second-order valence-electron chi connectivity index (χ2n) is 4.72. The molecule has 0 aromatic heterocycles. The third kappa shape index (κ3) is 2.56. The van der Waals surface area contributed by atoms with Gasteiger partial charge in [0.15, 0.2) is 0 Å². The molecule has 1 aromatic carbocycles. The largest absolute Gasteiger partial charge is 0.382 e. The van der Waals surface area contributed by atoms with Crippen molar-refractivity contribution in [3.63, 3.8) is 0 Å². The molecule has 2 heteroatoms. The van der Waals surface area contributed by atoms with Crippen LogP contribution in [0.4, 0.5) is 5.69 Å². The Kier molecular flexibility index (Phi) is 3.83. The molecule has 1 aliphatic rings. The summed E-state index contributed by atoms with van der Waals surface area (Å²) in [4.78, 5) is 0. The lowest BCUT2D eigenvalue weighted by Gasteiger charge is -2.20. The molecule has 1 fully saturated rings. The van der Waals surface area contributed by atoms with Gasteiger partial charge in [0.05, 0.1) is 0 Å². The lowest BCUT2D eigenvalue weighted by molar-refractivity contribution is 0.650. The van der Waals surface area contributed by atoms with Gasteiger partial charge in [-0.05, 0) is 38.4 Å². The van der Waals surface area contributed by atoms with E-state index in [0.29, 0.717) is 12.1 Å². The van der Waals surface area contributed by atoms with Gasteiger partial charge in [0.25, 0.3) is 0 Å². The predicted molar refractivity (Wildman–Crippen MR) is 69.8 cm³/mol. The van der Waals surface area contributed by atoms with Gasteiger partial charge in [0.2, 0.25) is 0 Å². The first kappa shape index (κ1) is 11.5. The summed E-state index contributed by atoms with van der Waals surface area (Å²) in [5, 5.41) is 6.99. The normalized spacial score (nSPS) is 18.6. The first-order valence-corrected chi connectivity index (χ1v) is 6.34. The zero-order chi connectivity index (χ0) is 11.4. The molecule has 2 nitrogen and oxygen atoms in total. The van der Waals surface area contributed by atoms with Gasteiger partial charge in [-0.2, -0.15) is 0 Å². The minimum absolute atomic E-state index is 0.408. The first-order valence-electron chi connectivity index (χ1n) is 6.34. The molecule has 0 spiro atoms. The topological polar surface area (TPSA) is 24.1 Å². The number of rotatable bonds is 4. The van der Waals surface area contributed by atoms with Crippen LogP contribution in [0.5, 0.6) is 0 Å². The molecule has 16 heavy (non-hydrogen) atoms. The average Bonchev–Trinajstić information content (AvgIpc) is 2.82. The van der Waals surface area contributed by atoms with E-state index in [4.69, 9.17) is 0 Å². The molecule has 0 saturated heterocycles. The van der Waals surface area contributed by atoms with Crippen molar-refractivity contribution in [2.24, 2.45) is 0 Å². The fourth-order valence-electron chi connectivity index (χ4n) is 2.45. The standard InChI is InChI=1S/C14H22N2/c1-11(15-2)13-9-5-6-10-14(13)16-12-7-3-4-8-12/h5-6,9-12,15-16H,3-4,7-8H2,1-2H3. The molecule has 1 aliphatic carbocycles. The third-order valence-electron chi connectivity index (χ3n) is 3.58. The van der Waals surface area contributed by atoms with Crippen molar-refractivity contribution in [3.8, 4) is 0 Å². The Morgan fingerprint density at radius 2 is 1.88 bits per heavy atom. The fraction of sp³-hybridized carbons (Fsp3) is 0.571. The Morgan fingerprint density at radius 3 is 2.56 bits per heavy atom. The Bertz CT molecular complexity index is 329. The molecule has 0 bridgehead atoms. The monoisotopic (exact) mass is 218 g/mol. The highest BCUT2D eigenvalue weighted by Crippen LogP contribution is 2.27. The summed E-state index contributed by atoms with van der Waals surface area (Å²) in [7, 11) is 2.01. The molecule has 2 rings (SSSR count). The maximum Gasteiger partial charge on any atom is 0.0390 e. The number of anilines is 1. The summed E-state index contributed by atoms with van der Waals surface area (Å²) in [6.45, 7) is 2.20. The Labute approximate surface area is 98.4 Å². The molecular weight excluding hydrogens is 196 g/mol. The lowest BCUT2D eigenvalue weighted by atomic mass is 10.1. The summed E-state index contributed by atoms with van der Waals surface area (Å²) < 4.78 is 0. The van der Waals surface area contributed by atoms with Crippen LogP contribution in [0.2, 0.25) is 0 Å². The SMILES string of the molecule is CNC(C)c1ccccc1NC1CCCC1. The molecule has 0 radical (unpaired) electrons. The predicted octanol–water partition coefficient (Wildman–Crippen LogP) is 3.32. The van der Waals surface area contributed by atoms with Gasteiger partial charge in [0, 0.05) is 17.8 Å². The zero-order valence-corrected chi connectivity index (χ0v) is 10.3. The number of hydrogen-bond acceptors (Lipinski definition) is 2. The van der Waals surface area contributed by atoms with E-state index < -0.39 is 0 Å². The molecule has 0 amide bonds. The second kappa shape index (κ2) is 5.35. The minimum Gasteiger partial charge on any atom is -0.382 e. The number of nitrogens with one attached hydrogen (secondary N) is 2. The smallest absolute Gasteiger partial charge is 0.0390 e. The van der Waals surface area contributed by atoms with E-state index in [9.17, 15) is 0 Å². The average molecular weight is 218 g/mol. The van der Waals surface area contributed by atoms with Crippen LogP contribution in [0.25, 0.3) is 0 Å². The quantitative estimate of drug-likeness (QED) is 0.810. The van der Waals surface area contributed by atoms with E-state index in [-0.39, 0.29) is 0 Å².